The topological polar surface area (TPSA) is 97.1 Å². The zero-order valence-corrected chi connectivity index (χ0v) is 19.1. The number of halogens is 1. The molecule has 0 aliphatic carbocycles. The van der Waals surface area contributed by atoms with Gasteiger partial charge in [-0.15, -0.1) is 0 Å². The van der Waals surface area contributed by atoms with E-state index in [0.717, 1.165) is 37.4 Å². The van der Waals surface area contributed by atoms with E-state index < -0.39 is 11.4 Å². The van der Waals surface area contributed by atoms with Crippen molar-refractivity contribution in [3.63, 3.8) is 0 Å². The van der Waals surface area contributed by atoms with Gasteiger partial charge in [0.15, 0.2) is 11.5 Å². The van der Waals surface area contributed by atoms with Crippen LogP contribution in [0, 0.1) is 5.82 Å². The Labute approximate surface area is 196 Å². The molecule has 34 heavy (non-hydrogen) atoms. The molecule has 0 unspecified atom stereocenters. The van der Waals surface area contributed by atoms with Gasteiger partial charge < -0.3 is 20.5 Å². The number of nitrogens with one attached hydrogen (secondary N) is 2. The summed E-state index contributed by atoms with van der Waals surface area (Å²) in [6.07, 6.45) is 4.78. The molecule has 4 heterocycles. The normalized spacial score (nSPS) is 14.9. The summed E-state index contributed by atoms with van der Waals surface area (Å²) in [5.41, 5.74) is 1.60. The number of hydrogen-bond acceptors (Lipinski definition) is 7. The van der Waals surface area contributed by atoms with E-state index >= 15 is 0 Å². The van der Waals surface area contributed by atoms with Gasteiger partial charge in [0.05, 0.1) is 11.1 Å². The largest absolute Gasteiger partial charge is 0.384 e. The summed E-state index contributed by atoms with van der Waals surface area (Å²) in [6, 6.07) is 13.6. The summed E-state index contributed by atoms with van der Waals surface area (Å²) in [5.74, 6) is 0.359. The Hall–Kier alpha value is -3.56. The molecule has 3 aromatic heterocycles. The predicted molar refractivity (Wildman–Crippen MR) is 129 cm³/mol. The third kappa shape index (κ3) is 4.71. The van der Waals surface area contributed by atoms with Crippen molar-refractivity contribution in [3.05, 3.63) is 66.4 Å². The first kappa shape index (κ1) is 22.2. The van der Waals surface area contributed by atoms with Crippen LogP contribution in [-0.2, 0) is 10.3 Å². The molecular formula is C25H27FN6O2. The molecule has 1 fully saturated rings. The molecule has 3 N–H and O–H groups in total. The summed E-state index contributed by atoms with van der Waals surface area (Å²) in [6.45, 7) is 4.89. The van der Waals surface area contributed by atoms with Gasteiger partial charge in [-0.05, 0) is 63.1 Å². The summed E-state index contributed by atoms with van der Waals surface area (Å²) >= 11 is 0. The molecule has 1 aromatic carbocycles. The van der Waals surface area contributed by atoms with E-state index in [1.165, 1.54) is 12.4 Å². The number of aromatic nitrogens is 4. The van der Waals surface area contributed by atoms with Crippen LogP contribution in [0.5, 0.6) is 0 Å². The maximum atomic E-state index is 14.6. The summed E-state index contributed by atoms with van der Waals surface area (Å²) in [7, 11) is 0. The molecule has 0 amide bonds. The van der Waals surface area contributed by atoms with E-state index in [1.54, 1.807) is 36.6 Å². The standard InChI is InChI=1S/C25H27FN6O2/c1-25(2,33)21-4-3-5-22(30-21)32-15-20(26)19-14-27-24(31-23(19)32)29-17-8-6-16(7-9-17)28-18-10-12-34-13-11-18/h3-9,14-15,18,28,33H,10-13H2,1-2H3,(H,27,29,31). The van der Waals surface area contributed by atoms with Crippen molar-refractivity contribution < 1.29 is 14.2 Å². The predicted octanol–water partition coefficient (Wildman–Crippen LogP) is 4.52. The maximum absolute atomic E-state index is 14.6. The van der Waals surface area contributed by atoms with Gasteiger partial charge in [-0.3, -0.25) is 4.57 Å². The SMILES string of the molecule is CC(C)(O)c1cccc(-n2cc(F)c3cnc(Nc4ccc(NC5CCOCC5)cc4)nc32)n1. The van der Waals surface area contributed by atoms with Gasteiger partial charge in [0.2, 0.25) is 5.95 Å². The fraction of sp³-hybridized carbons (Fsp3) is 0.320. The van der Waals surface area contributed by atoms with Crippen molar-refractivity contribution in [1.82, 2.24) is 19.5 Å². The van der Waals surface area contributed by atoms with E-state index in [0.29, 0.717) is 29.1 Å². The highest BCUT2D eigenvalue weighted by atomic mass is 19.1. The second-order valence-corrected chi connectivity index (χ2v) is 8.95. The third-order valence-corrected chi connectivity index (χ3v) is 5.84. The lowest BCUT2D eigenvalue weighted by atomic mass is 10.1. The Morgan fingerprint density at radius 3 is 2.53 bits per heavy atom. The lowest BCUT2D eigenvalue weighted by Crippen LogP contribution is -2.27. The fourth-order valence-electron chi connectivity index (χ4n) is 3.96. The number of rotatable bonds is 6. The second-order valence-electron chi connectivity index (χ2n) is 8.95. The van der Waals surface area contributed by atoms with Crippen LogP contribution >= 0.6 is 0 Å². The summed E-state index contributed by atoms with van der Waals surface area (Å²) in [5, 5.41) is 17.3. The number of aliphatic hydroxyl groups is 1. The van der Waals surface area contributed by atoms with Crippen LogP contribution in [0.1, 0.15) is 32.4 Å². The number of anilines is 3. The Morgan fingerprint density at radius 2 is 1.79 bits per heavy atom. The molecule has 4 aromatic rings. The van der Waals surface area contributed by atoms with Crippen molar-refractivity contribution in [1.29, 1.82) is 0 Å². The number of fused-ring (bicyclic) bond motifs is 1. The first-order valence-electron chi connectivity index (χ1n) is 11.3. The van der Waals surface area contributed by atoms with Crippen LogP contribution in [0.3, 0.4) is 0 Å². The molecule has 1 aliphatic rings. The number of nitrogens with zero attached hydrogens (tertiary/aromatic N) is 4. The molecule has 5 rings (SSSR count). The van der Waals surface area contributed by atoms with Crippen molar-refractivity contribution in [2.24, 2.45) is 0 Å². The van der Waals surface area contributed by atoms with Gasteiger partial charge in [0, 0.05) is 43.0 Å². The highest BCUT2D eigenvalue weighted by Gasteiger charge is 2.20. The zero-order valence-electron chi connectivity index (χ0n) is 19.1. The molecule has 0 spiro atoms. The Morgan fingerprint density at radius 1 is 1.06 bits per heavy atom. The molecule has 8 nitrogen and oxygen atoms in total. The van der Waals surface area contributed by atoms with Gasteiger partial charge in [-0.1, -0.05) is 6.07 Å². The smallest absolute Gasteiger partial charge is 0.229 e. The Bertz CT molecular complexity index is 1290. The molecule has 1 saturated heterocycles. The van der Waals surface area contributed by atoms with Crippen molar-refractivity contribution in [2.45, 2.75) is 38.3 Å². The van der Waals surface area contributed by atoms with Crippen LogP contribution in [0.4, 0.5) is 21.7 Å². The van der Waals surface area contributed by atoms with Gasteiger partial charge in [0.1, 0.15) is 11.4 Å². The number of hydrogen-bond donors (Lipinski definition) is 3. The van der Waals surface area contributed by atoms with Crippen LogP contribution in [0.25, 0.3) is 16.9 Å². The van der Waals surface area contributed by atoms with E-state index in [-0.39, 0.29) is 5.39 Å². The average molecular weight is 463 g/mol. The number of benzene rings is 1. The van der Waals surface area contributed by atoms with Crippen LogP contribution in [-0.4, -0.2) is 43.9 Å². The van der Waals surface area contributed by atoms with Gasteiger partial charge in [0.25, 0.3) is 0 Å². The van der Waals surface area contributed by atoms with E-state index in [1.807, 2.05) is 24.3 Å². The van der Waals surface area contributed by atoms with E-state index in [4.69, 9.17) is 4.74 Å². The van der Waals surface area contributed by atoms with Gasteiger partial charge in [-0.25, -0.2) is 14.4 Å². The first-order valence-corrected chi connectivity index (χ1v) is 11.3. The van der Waals surface area contributed by atoms with Crippen molar-refractivity contribution in [2.75, 3.05) is 23.8 Å². The minimum Gasteiger partial charge on any atom is -0.384 e. The first-order chi connectivity index (χ1) is 16.4. The number of pyridine rings is 1. The maximum Gasteiger partial charge on any atom is 0.229 e. The third-order valence-electron chi connectivity index (χ3n) is 5.84. The van der Waals surface area contributed by atoms with E-state index in [2.05, 4.69) is 25.6 Å². The second kappa shape index (κ2) is 9.00. The molecule has 1 aliphatic heterocycles. The fourth-order valence-corrected chi connectivity index (χ4v) is 3.96. The average Bonchev–Trinajstić information content (AvgIpc) is 3.16. The van der Waals surface area contributed by atoms with Crippen LogP contribution < -0.4 is 10.6 Å². The van der Waals surface area contributed by atoms with Gasteiger partial charge in [-0.2, -0.15) is 4.98 Å². The highest BCUT2D eigenvalue weighted by Crippen LogP contribution is 2.25. The quantitative estimate of drug-likeness (QED) is 0.388. The Balaban J connectivity index is 1.39. The summed E-state index contributed by atoms with van der Waals surface area (Å²) < 4.78 is 21.6. The molecule has 0 bridgehead atoms. The van der Waals surface area contributed by atoms with Crippen LogP contribution in [0.15, 0.2) is 54.9 Å². The molecular weight excluding hydrogens is 435 g/mol. The monoisotopic (exact) mass is 462 g/mol. The van der Waals surface area contributed by atoms with Gasteiger partial charge >= 0.3 is 0 Å². The Kier molecular flexibility index (Phi) is 5.89. The molecule has 0 saturated carbocycles. The number of ether oxygens (including phenoxy) is 1. The minimum atomic E-state index is -1.12. The van der Waals surface area contributed by atoms with Crippen molar-refractivity contribution in [3.8, 4) is 5.82 Å². The lowest BCUT2D eigenvalue weighted by Gasteiger charge is -2.24. The highest BCUT2D eigenvalue weighted by molar-refractivity contribution is 5.79. The summed E-state index contributed by atoms with van der Waals surface area (Å²) in [4.78, 5) is 13.3. The molecule has 0 radical (unpaired) electrons. The lowest BCUT2D eigenvalue weighted by molar-refractivity contribution is 0.0738. The van der Waals surface area contributed by atoms with Crippen LogP contribution in [0.2, 0.25) is 0 Å². The minimum absolute atomic E-state index is 0.289. The zero-order chi connectivity index (χ0) is 23.7. The molecule has 0 atom stereocenters. The molecule has 9 heteroatoms. The van der Waals surface area contributed by atoms with E-state index in [9.17, 15) is 9.50 Å². The van der Waals surface area contributed by atoms with Crippen molar-refractivity contribution >= 4 is 28.4 Å². The molecule has 176 valence electrons.